The highest BCUT2D eigenvalue weighted by Crippen LogP contribution is 2.10. The molecule has 1 aromatic heterocycles. The van der Waals surface area contributed by atoms with Gasteiger partial charge in [-0.25, -0.2) is 13.0 Å². The van der Waals surface area contributed by atoms with Crippen molar-refractivity contribution in [2.24, 2.45) is 0 Å². The van der Waals surface area contributed by atoms with E-state index in [2.05, 4.69) is 35.0 Å². The molecule has 1 rings (SSSR count). The van der Waals surface area contributed by atoms with E-state index in [0.29, 0.717) is 6.42 Å². The normalized spacial score (nSPS) is 11.0. The Labute approximate surface area is 154 Å². The molecule has 0 aliphatic heterocycles. The number of hydrogen-bond acceptors (Lipinski definition) is 4. The standard InChI is InChI=1S/C12H26O4S.C7H10N/c1-2-3-4-5-6-7-8-9-10-11-12-16-17(13,14)15;1-2-8-6-4-3-5-7-8/h2-12H2,1H3,(H,13,14,15);3-7H,2H2,1H3/q;+1/p-1. The molecule has 0 N–H and O–H groups in total. The van der Waals surface area contributed by atoms with Crippen molar-refractivity contribution in [3.63, 3.8) is 0 Å². The molecule has 0 radical (unpaired) electrons. The number of rotatable bonds is 13. The van der Waals surface area contributed by atoms with Gasteiger partial charge in [-0.05, 0) is 13.3 Å². The summed E-state index contributed by atoms with van der Waals surface area (Å²) < 4.78 is 36.6. The SMILES string of the molecule is CCCCCCCCCCCCOS(=O)(=O)[O-].CC[n+]1ccccc1. The Hall–Kier alpha value is -0.980. The smallest absolute Gasteiger partial charge is 0.217 e. The maximum atomic E-state index is 10.1. The van der Waals surface area contributed by atoms with Gasteiger partial charge in [0.15, 0.2) is 12.4 Å². The van der Waals surface area contributed by atoms with E-state index in [1.165, 1.54) is 44.9 Å². The van der Waals surface area contributed by atoms with E-state index < -0.39 is 10.4 Å². The fourth-order valence-corrected chi connectivity index (χ4v) is 2.72. The minimum atomic E-state index is -4.48. The van der Waals surface area contributed by atoms with Gasteiger partial charge in [0.25, 0.3) is 0 Å². The van der Waals surface area contributed by atoms with Gasteiger partial charge in [0.2, 0.25) is 10.4 Å². The maximum absolute atomic E-state index is 10.1. The molecular weight excluding hydrogens is 338 g/mol. The molecule has 0 aliphatic rings. The van der Waals surface area contributed by atoms with E-state index in [1.807, 2.05) is 18.2 Å². The van der Waals surface area contributed by atoms with Crippen LogP contribution in [0.4, 0.5) is 0 Å². The second-order valence-corrected chi connectivity index (χ2v) is 7.17. The maximum Gasteiger partial charge on any atom is 0.217 e. The third-order valence-corrected chi connectivity index (χ3v) is 4.32. The summed E-state index contributed by atoms with van der Waals surface area (Å²) in [6.07, 6.45) is 15.8. The second kappa shape index (κ2) is 16.5. The molecule has 146 valence electrons. The molecule has 0 saturated heterocycles. The highest BCUT2D eigenvalue weighted by Gasteiger charge is 1.95. The Bertz CT molecular complexity index is 491. The minimum Gasteiger partial charge on any atom is -0.726 e. The van der Waals surface area contributed by atoms with Crippen LogP contribution in [0.5, 0.6) is 0 Å². The van der Waals surface area contributed by atoms with Gasteiger partial charge >= 0.3 is 0 Å². The van der Waals surface area contributed by atoms with Crippen molar-refractivity contribution in [2.45, 2.75) is 84.6 Å². The fraction of sp³-hybridized carbons (Fsp3) is 0.737. The van der Waals surface area contributed by atoms with Crippen molar-refractivity contribution in [3.8, 4) is 0 Å². The van der Waals surface area contributed by atoms with Crippen LogP contribution in [0.1, 0.15) is 78.1 Å². The average Bonchev–Trinajstić information content (AvgIpc) is 2.60. The Morgan fingerprint density at radius 1 is 0.800 bits per heavy atom. The molecule has 0 atom stereocenters. The summed E-state index contributed by atoms with van der Waals surface area (Å²) in [5, 5.41) is 0. The number of aromatic nitrogens is 1. The van der Waals surface area contributed by atoms with Crippen LogP contribution in [0.3, 0.4) is 0 Å². The first kappa shape index (κ1) is 24.0. The van der Waals surface area contributed by atoms with E-state index in [4.69, 9.17) is 0 Å². The summed E-state index contributed by atoms with van der Waals surface area (Å²) in [4.78, 5) is 0. The third-order valence-electron chi connectivity index (χ3n) is 3.87. The Morgan fingerprint density at radius 3 is 1.68 bits per heavy atom. The van der Waals surface area contributed by atoms with Crippen molar-refractivity contribution in [3.05, 3.63) is 30.6 Å². The van der Waals surface area contributed by atoms with Crippen molar-refractivity contribution in [1.29, 1.82) is 0 Å². The number of nitrogens with zero attached hydrogens (tertiary/aromatic N) is 1. The van der Waals surface area contributed by atoms with Gasteiger partial charge in [-0.3, -0.25) is 4.18 Å². The summed E-state index contributed by atoms with van der Waals surface area (Å²) in [6.45, 7) is 5.42. The van der Waals surface area contributed by atoms with E-state index in [1.54, 1.807) is 0 Å². The lowest BCUT2D eigenvalue weighted by molar-refractivity contribution is -0.693. The fourth-order valence-electron chi connectivity index (χ4n) is 2.40. The number of pyridine rings is 1. The van der Waals surface area contributed by atoms with Gasteiger partial charge in [0.1, 0.15) is 6.54 Å². The van der Waals surface area contributed by atoms with E-state index in [0.717, 1.165) is 19.4 Å². The van der Waals surface area contributed by atoms with Crippen LogP contribution in [0.15, 0.2) is 30.6 Å². The summed E-state index contributed by atoms with van der Waals surface area (Å²) in [6, 6.07) is 6.08. The van der Waals surface area contributed by atoms with Crippen LogP contribution in [0.2, 0.25) is 0 Å². The lowest BCUT2D eigenvalue weighted by Gasteiger charge is -2.06. The lowest BCUT2D eigenvalue weighted by Crippen LogP contribution is -2.30. The van der Waals surface area contributed by atoms with Crippen LogP contribution in [0, 0.1) is 0 Å². The monoisotopic (exact) mass is 373 g/mol. The van der Waals surface area contributed by atoms with Crippen molar-refractivity contribution in [1.82, 2.24) is 0 Å². The summed E-state index contributed by atoms with van der Waals surface area (Å²) in [5.74, 6) is 0. The zero-order valence-corrected chi connectivity index (χ0v) is 16.7. The first-order valence-electron chi connectivity index (χ1n) is 9.54. The Morgan fingerprint density at radius 2 is 1.28 bits per heavy atom. The predicted molar refractivity (Wildman–Crippen MR) is 99.8 cm³/mol. The van der Waals surface area contributed by atoms with Gasteiger partial charge in [-0.1, -0.05) is 70.8 Å². The van der Waals surface area contributed by atoms with Crippen molar-refractivity contribution >= 4 is 10.4 Å². The molecule has 6 heteroatoms. The minimum absolute atomic E-state index is 0.0301. The summed E-state index contributed by atoms with van der Waals surface area (Å²) in [5.41, 5.74) is 0. The molecule has 0 aromatic carbocycles. The van der Waals surface area contributed by atoms with Crippen LogP contribution in [-0.4, -0.2) is 19.6 Å². The first-order valence-corrected chi connectivity index (χ1v) is 10.9. The van der Waals surface area contributed by atoms with Crippen molar-refractivity contribution in [2.75, 3.05) is 6.61 Å². The summed E-state index contributed by atoms with van der Waals surface area (Å²) in [7, 11) is -4.48. The molecule has 0 aliphatic carbocycles. The van der Waals surface area contributed by atoms with Gasteiger partial charge in [-0.15, -0.1) is 0 Å². The van der Waals surface area contributed by atoms with Crippen LogP contribution in [-0.2, 0) is 21.1 Å². The predicted octanol–water partition coefficient (Wildman–Crippen LogP) is 4.38. The highest BCUT2D eigenvalue weighted by atomic mass is 32.3. The zero-order chi connectivity index (χ0) is 18.8. The molecule has 5 nitrogen and oxygen atoms in total. The summed E-state index contributed by atoms with van der Waals surface area (Å²) >= 11 is 0. The van der Waals surface area contributed by atoms with E-state index in [9.17, 15) is 13.0 Å². The molecule has 0 bridgehead atoms. The topological polar surface area (TPSA) is 70.3 Å². The molecular formula is C19H35NO4S. The first-order chi connectivity index (χ1) is 12.0. The number of aryl methyl sites for hydroxylation is 1. The highest BCUT2D eigenvalue weighted by molar-refractivity contribution is 7.80. The molecule has 0 fully saturated rings. The molecule has 0 saturated carbocycles. The third kappa shape index (κ3) is 19.2. The number of hydrogen-bond donors (Lipinski definition) is 0. The molecule has 25 heavy (non-hydrogen) atoms. The van der Waals surface area contributed by atoms with Crippen LogP contribution >= 0.6 is 0 Å². The van der Waals surface area contributed by atoms with Crippen LogP contribution in [0.25, 0.3) is 0 Å². The van der Waals surface area contributed by atoms with Gasteiger partial charge in [-0.2, -0.15) is 0 Å². The van der Waals surface area contributed by atoms with Gasteiger partial charge < -0.3 is 4.55 Å². The Kier molecular flexibility index (Phi) is 15.8. The van der Waals surface area contributed by atoms with Crippen LogP contribution < -0.4 is 4.57 Å². The lowest BCUT2D eigenvalue weighted by atomic mass is 10.1. The van der Waals surface area contributed by atoms with Gasteiger partial charge in [0, 0.05) is 12.1 Å². The number of unbranched alkanes of at least 4 members (excludes halogenated alkanes) is 9. The molecule has 1 aromatic rings. The molecule has 0 spiro atoms. The second-order valence-electron chi connectivity index (χ2n) is 6.12. The van der Waals surface area contributed by atoms with E-state index >= 15 is 0 Å². The van der Waals surface area contributed by atoms with E-state index in [-0.39, 0.29) is 6.61 Å². The Balaban J connectivity index is 0.000000593. The molecule has 0 unspecified atom stereocenters. The average molecular weight is 374 g/mol. The zero-order valence-electron chi connectivity index (χ0n) is 15.9. The molecule has 1 heterocycles. The largest absolute Gasteiger partial charge is 0.726 e. The molecule has 0 amide bonds. The van der Waals surface area contributed by atoms with Gasteiger partial charge in [0.05, 0.1) is 6.61 Å². The quantitative estimate of drug-likeness (QED) is 0.223. The van der Waals surface area contributed by atoms with Crippen molar-refractivity contribution < 1.29 is 21.7 Å².